The quantitative estimate of drug-likeness (QED) is 0.570. The number of unbranched alkanes of at least 4 members (excludes halogenated alkanes) is 5. The van der Waals surface area contributed by atoms with Gasteiger partial charge in [0.15, 0.2) is 0 Å². The molecule has 0 spiro atoms. The molecule has 0 radical (unpaired) electrons. The summed E-state index contributed by atoms with van der Waals surface area (Å²) >= 11 is 0. The Morgan fingerprint density at radius 2 is 1.39 bits per heavy atom. The van der Waals surface area contributed by atoms with Gasteiger partial charge in [0.05, 0.1) is 6.10 Å². The first-order valence-electron chi connectivity index (χ1n) is 8.52. The number of hydrogen-bond donors (Lipinski definition) is 1. The second-order valence-corrected chi connectivity index (χ2v) is 6.23. The van der Waals surface area contributed by atoms with Crippen LogP contribution in [-0.2, 0) is 0 Å². The van der Waals surface area contributed by atoms with E-state index >= 15 is 0 Å². The van der Waals surface area contributed by atoms with Crippen molar-refractivity contribution in [3.63, 3.8) is 0 Å². The minimum Gasteiger partial charge on any atom is -0.393 e. The maximum Gasteiger partial charge on any atom is 0.0568 e. The Kier molecular flexibility index (Phi) is 9.65. The highest BCUT2D eigenvalue weighted by molar-refractivity contribution is 4.71. The van der Waals surface area contributed by atoms with Crippen molar-refractivity contribution >= 4 is 0 Å². The van der Waals surface area contributed by atoms with E-state index in [4.69, 9.17) is 0 Å². The van der Waals surface area contributed by atoms with Gasteiger partial charge in [0.25, 0.3) is 0 Å². The topological polar surface area (TPSA) is 20.2 Å². The van der Waals surface area contributed by atoms with Crippen LogP contribution in [0.1, 0.15) is 96.8 Å². The van der Waals surface area contributed by atoms with Crippen LogP contribution in [0.2, 0.25) is 0 Å². The van der Waals surface area contributed by atoms with Crippen LogP contribution >= 0.6 is 0 Å². The van der Waals surface area contributed by atoms with E-state index in [9.17, 15) is 5.11 Å². The third-order valence-corrected chi connectivity index (χ3v) is 4.55. The SMILES string of the molecule is CCCCCCCCC(O)C1CCCCCCC1. The van der Waals surface area contributed by atoms with Gasteiger partial charge in [0, 0.05) is 0 Å². The maximum atomic E-state index is 10.3. The summed E-state index contributed by atoms with van der Waals surface area (Å²) < 4.78 is 0. The minimum absolute atomic E-state index is 0.00530. The molecule has 18 heavy (non-hydrogen) atoms. The van der Waals surface area contributed by atoms with Crippen molar-refractivity contribution in [1.29, 1.82) is 0 Å². The Balaban J connectivity index is 2.04. The average molecular weight is 254 g/mol. The summed E-state index contributed by atoms with van der Waals surface area (Å²) in [6.45, 7) is 2.26. The van der Waals surface area contributed by atoms with Crippen LogP contribution in [0.5, 0.6) is 0 Å². The number of rotatable bonds is 8. The van der Waals surface area contributed by atoms with E-state index < -0.39 is 0 Å². The zero-order chi connectivity index (χ0) is 13.1. The standard InChI is InChI=1S/C17H34O/c1-2-3-4-5-9-12-15-17(18)16-13-10-7-6-8-11-14-16/h16-18H,2-15H2,1H3. The summed E-state index contributed by atoms with van der Waals surface area (Å²) in [6, 6.07) is 0. The first-order chi connectivity index (χ1) is 8.84. The largest absolute Gasteiger partial charge is 0.393 e. The van der Waals surface area contributed by atoms with Crippen LogP contribution in [0.3, 0.4) is 0 Å². The van der Waals surface area contributed by atoms with Crippen LogP contribution in [0.4, 0.5) is 0 Å². The highest BCUT2D eigenvalue weighted by atomic mass is 16.3. The van der Waals surface area contributed by atoms with E-state index in [2.05, 4.69) is 6.92 Å². The molecule has 0 aromatic rings. The molecule has 1 aliphatic rings. The first kappa shape index (κ1) is 16.0. The Hall–Kier alpha value is -0.0400. The van der Waals surface area contributed by atoms with Gasteiger partial charge < -0.3 is 5.11 Å². The lowest BCUT2D eigenvalue weighted by Crippen LogP contribution is -2.21. The zero-order valence-electron chi connectivity index (χ0n) is 12.5. The molecule has 0 amide bonds. The summed E-state index contributed by atoms with van der Waals surface area (Å²) in [4.78, 5) is 0. The van der Waals surface area contributed by atoms with E-state index in [0.717, 1.165) is 6.42 Å². The molecule has 1 nitrogen and oxygen atoms in total. The number of aliphatic hydroxyl groups is 1. The molecule has 1 unspecified atom stereocenters. The van der Waals surface area contributed by atoms with E-state index in [1.807, 2.05) is 0 Å². The third kappa shape index (κ3) is 7.41. The van der Waals surface area contributed by atoms with Gasteiger partial charge in [0.2, 0.25) is 0 Å². The Bertz CT molecular complexity index is 170. The molecule has 1 heteroatoms. The molecule has 0 aromatic carbocycles. The third-order valence-electron chi connectivity index (χ3n) is 4.55. The van der Waals surface area contributed by atoms with Gasteiger partial charge in [-0.2, -0.15) is 0 Å². The summed E-state index contributed by atoms with van der Waals surface area (Å²) in [5.41, 5.74) is 0. The van der Waals surface area contributed by atoms with Gasteiger partial charge in [-0.1, -0.05) is 77.6 Å². The van der Waals surface area contributed by atoms with Gasteiger partial charge in [0.1, 0.15) is 0 Å². The molecule has 0 saturated heterocycles. The molecule has 1 rings (SSSR count). The van der Waals surface area contributed by atoms with Crippen molar-refractivity contribution in [2.75, 3.05) is 0 Å². The lowest BCUT2D eigenvalue weighted by molar-refractivity contribution is 0.0806. The van der Waals surface area contributed by atoms with Crippen molar-refractivity contribution in [2.24, 2.45) is 5.92 Å². The van der Waals surface area contributed by atoms with Crippen LogP contribution < -0.4 is 0 Å². The lowest BCUT2D eigenvalue weighted by Gasteiger charge is -2.24. The minimum atomic E-state index is -0.00530. The van der Waals surface area contributed by atoms with Crippen molar-refractivity contribution in [3.05, 3.63) is 0 Å². The highest BCUT2D eigenvalue weighted by Crippen LogP contribution is 2.27. The Labute approximate surface area is 114 Å². The summed E-state index contributed by atoms with van der Waals surface area (Å²) in [6.07, 6.45) is 18.5. The zero-order valence-corrected chi connectivity index (χ0v) is 12.5. The molecule has 1 fully saturated rings. The van der Waals surface area contributed by atoms with Gasteiger partial charge >= 0.3 is 0 Å². The summed E-state index contributed by atoms with van der Waals surface area (Å²) in [5, 5.41) is 10.3. The molecule has 0 aliphatic heterocycles. The average Bonchev–Trinajstić information content (AvgIpc) is 2.33. The fourth-order valence-electron chi connectivity index (χ4n) is 3.24. The van der Waals surface area contributed by atoms with Crippen molar-refractivity contribution in [2.45, 2.75) is 103 Å². The second-order valence-electron chi connectivity index (χ2n) is 6.23. The molecule has 0 bridgehead atoms. The highest BCUT2D eigenvalue weighted by Gasteiger charge is 2.19. The van der Waals surface area contributed by atoms with Crippen molar-refractivity contribution < 1.29 is 5.11 Å². The van der Waals surface area contributed by atoms with Gasteiger partial charge in [-0.3, -0.25) is 0 Å². The fraction of sp³-hybridized carbons (Fsp3) is 1.00. The van der Waals surface area contributed by atoms with E-state index in [-0.39, 0.29) is 6.10 Å². The number of aliphatic hydroxyl groups excluding tert-OH is 1. The normalized spacial score (nSPS) is 20.3. The monoisotopic (exact) mass is 254 g/mol. The molecule has 0 aromatic heterocycles. The maximum absolute atomic E-state index is 10.3. The predicted molar refractivity (Wildman–Crippen MR) is 79.8 cm³/mol. The molecular formula is C17H34O. The second kappa shape index (κ2) is 10.8. The van der Waals surface area contributed by atoms with Crippen LogP contribution in [-0.4, -0.2) is 11.2 Å². The van der Waals surface area contributed by atoms with Crippen LogP contribution in [0.25, 0.3) is 0 Å². The first-order valence-corrected chi connectivity index (χ1v) is 8.52. The molecule has 1 saturated carbocycles. The van der Waals surface area contributed by atoms with Gasteiger partial charge in [-0.05, 0) is 25.2 Å². The molecular weight excluding hydrogens is 220 g/mol. The van der Waals surface area contributed by atoms with E-state index in [1.165, 1.54) is 83.5 Å². The molecule has 1 N–H and O–H groups in total. The van der Waals surface area contributed by atoms with Crippen molar-refractivity contribution in [3.8, 4) is 0 Å². The van der Waals surface area contributed by atoms with Gasteiger partial charge in [-0.15, -0.1) is 0 Å². The van der Waals surface area contributed by atoms with Gasteiger partial charge in [-0.25, -0.2) is 0 Å². The van der Waals surface area contributed by atoms with Crippen LogP contribution in [0.15, 0.2) is 0 Å². The Morgan fingerprint density at radius 3 is 2.06 bits per heavy atom. The summed E-state index contributed by atoms with van der Waals surface area (Å²) in [7, 11) is 0. The predicted octanol–water partition coefficient (Wildman–Crippen LogP) is 5.46. The van der Waals surface area contributed by atoms with Crippen LogP contribution in [0, 0.1) is 5.92 Å². The molecule has 108 valence electrons. The Morgan fingerprint density at radius 1 is 0.833 bits per heavy atom. The fourth-order valence-corrected chi connectivity index (χ4v) is 3.24. The smallest absolute Gasteiger partial charge is 0.0568 e. The molecule has 1 atom stereocenters. The molecule has 1 aliphatic carbocycles. The lowest BCUT2D eigenvalue weighted by atomic mass is 9.85. The van der Waals surface area contributed by atoms with Crippen molar-refractivity contribution in [1.82, 2.24) is 0 Å². The number of hydrogen-bond acceptors (Lipinski definition) is 1. The van der Waals surface area contributed by atoms with E-state index in [1.54, 1.807) is 0 Å². The molecule has 0 heterocycles. The summed E-state index contributed by atoms with van der Waals surface area (Å²) in [5.74, 6) is 0.612. The van der Waals surface area contributed by atoms with E-state index in [0.29, 0.717) is 5.92 Å².